The number of anilines is 2. The van der Waals surface area contributed by atoms with Gasteiger partial charge in [-0.1, -0.05) is 6.07 Å². The van der Waals surface area contributed by atoms with E-state index in [4.69, 9.17) is 0 Å². The molecule has 7 nitrogen and oxygen atoms in total. The highest BCUT2D eigenvalue weighted by atomic mass is 16.1. The third-order valence-corrected chi connectivity index (χ3v) is 5.93. The lowest BCUT2D eigenvalue weighted by Crippen LogP contribution is -2.46. The summed E-state index contributed by atoms with van der Waals surface area (Å²) in [5.41, 5.74) is 1.14. The third kappa shape index (κ3) is 4.04. The van der Waals surface area contributed by atoms with Crippen molar-refractivity contribution in [2.24, 2.45) is 7.05 Å². The summed E-state index contributed by atoms with van der Waals surface area (Å²) in [4.78, 5) is 27.9. The van der Waals surface area contributed by atoms with Crippen LogP contribution in [-0.2, 0) is 13.6 Å². The molecule has 2 aromatic rings. The van der Waals surface area contributed by atoms with Gasteiger partial charge in [0, 0.05) is 70.7 Å². The van der Waals surface area contributed by atoms with Crippen molar-refractivity contribution in [1.82, 2.24) is 19.4 Å². The lowest BCUT2D eigenvalue weighted by Gasteiger charge is -2.39. The first-order chi connectivity index (χ1) is 13.5. The smallest absolute Gasteiger partial charge is 0.250 e. The lowest BCUT2D eigenvalue weighted by molar-refractivity contribution is 0.196. The van der Waals surface area contributed by atoms with Crippen molar-refractivity contribution in [3.8, 4) is 0 Å². The van der Waals surface area contributed by atoms with Gasteiger partial charge in [0.1, 0.15) is 18.0 Å². The van der Waals surface area contributed by atoms with Crippen molar-refractivity contribution in [3.63, 3.8) is 0 Å². The van der Waals surface area contributed by atoms with E-state index < -0.39 is 0 Å². The van der Waals surface area contributed by atoms with E-state index in [0.717, 1.165) is 49.8 Å². The van der Waals surface area contributed by atoms with Crippen molar-refractivity contribution < 1.29 is 0 Å². The summed E-state index contributed by atoms with van der Waals surface area (Å²) >= 11 is 0. The number of hydrogen-bond donors (Lipinski definition) is 0. The number of aromatic nitrogens is 3. The van der Waals surface area contributed by atoms with Crippen molar-refractivity contribution in [2.45, 2.75) is 44.3 Å². The fourth-order valence-electron chi connectivity index (χ4n) is 4.10. The number of hydrogen-bond acceptors (Lipinski definition) is 6. The highest BCUT2D eigenvalue weighted by Gasteiger charge is 2.36. The van der Waals surface area contributed by atoms with Gasteiger partial charge in [-0.25, -0.2) is 9.97 Å². The first-order valence-electron chi connectivity index (χ1n) is 10.2. The minimum absolute atomic E-state index is 0.0627. The lowest BCUT2D eigenvalue weighted by atomic mass is 10.0. The molecule has 1 aliphatic heterocycles. The zero-order chi connectivity index (χ0) is 19.7. The van der Waals surface area contributed by atoms with E-state index in [9.17, 15) is 4.79 Å². The topological polar surface area (TPSA) is 57.5 Å². The second-order valence-corrected chi connectivity index (χ2v) is 8.19. The molecule has 0 atom stereocenters. The van der Waals surface area contributed by atoms with Crippen LogP contribution in [0.25, 0.3) is 0 Å². The third-order valence-electron chi connectivity index (χ3n) is 5.93. The predicted octanol–water partition coefficient (Wildman–Crippen LogP) is 1.87. The number of likely N-dealkylation sites (tertiary alicyclic amines) is 1. The van der Waals surface area contributed by atoms with Crippen LogP contribution in [0, 0.1) is 0 Å². The number of rotatable bonds is 6. The average molecular weight is 383 g/mol. The van der Waals surface area contributed by atoms with Gasteiger partial charge in [0.05, 0.1) is 0 Å². The maximum atomic E-state index is 11.9. The van der Waals surface area contributed by atoms with Gasteiger partial charge in [-0.3, -0.25) is 9.69 Å². The Balaban J connectivity index is 1.43. The molecule has 0 radical (unpaired) electrons. The fraction of sp³-hybridized carbons (Fsp3) is 0.571. The molecule has 7 heteroatoms. The zero-order valence-electron chi connectivity index (χ0n) is 17.1. The van der Waals surface area contributed by atoms with Gasteiger partial charge in [-0.05, 0) is 31.7 Å². The summed E-state index contributed by atoms with van der Waals surface area (Å²) in [6.45, 7) is 2.92. The highest BCUT2D eigenvalue weighted by Crippen LogP contribution is 2.36. The van der Waals surface area contributed by atoms with Crippen LogP contribution in [0.2, 0.25) is 0 Å². The second kappa shape index (κ2) is 7.91. The molecule has 0 unspecified atom stereocenters. The van der Waals surface area contributed by atoms with Crippen molar-refractivity contribution in [3.05, 3.63) is 46.6 Å². The van der Waals surface area contributed by atoms with Gasteiger partial charge in [0.2, 0.25) is 5.56 Å². The van der Waals surface area contributed by atoms with Crippen molar-refractivity contribution in [1.29, 1.82) is 0 Å². The Morgan fingerprint density at radius 1 is 1.04 bits per heavy atom. The Morgan fingerprint density at radius 3 is 2.39 bits per heavy atom. The van der Waals surface area contributed by atoms with E-state index in [2.05, 4.69) is 25.8 Å². The van der Waals surface area contributed by atoms with Crippen LogP contribution in [0.3, 0.4) is 0 Å². The van der Waals surface area contributed by atoms with E-state index in [1.165, 1.54) is 12.8 Å². The van der Waals surface area contributed by atoms with Crippen LogP contribution in [-0.4, -0.2) is 58.7 Å². The van der Waals surface area contributed by atoms with Crippen molar-refractivity contribution >= 4 is 11.6 Å². The summed E-state index contributed by atoms with van der Waals surface area (Å²) < 4.78 is 1.76. The van der Waals surface area contributed by atoms with Gasteiger partial charge in [-0.15, -0.1) is 0 Å². The second-order valence-electron chi connectivity index (χ2n) is 8.19. The molecule has 0 bridgehead atoms. The maximum absolute atomic E-state index is 11.9. The first kappa shape index (κ1) is 18.9. The Bertz CT molecular complexity index is 867. The number of nitrogens with zero attached hydrogens (tertiary/aromatic N) is 6. The summed E-state index contributed by atoms with van der Waals surface area (Å²) in [6, 6.07) is 8.78. The minimum atomic E-state index is 0.0627. The molecule has 2 fully saturated rings. The van der Waals surface area contributed by atoms with E-state index in [0.29, 0.717) is 12.1 Å². The van der Waals surface area contributed by atoms with Gasteiger partial charge in [-0.2, -0.15) is 0 Å². The van der Waals surface area contributed by atoms with Crippen LogP contribution in [0.5, 0.6) is 0 Å². The SMILES string of the molecule is CN(C)c1cc(N(C2CC2)C2CCN(Cc3cccc(=O)n3C)CC2)ncn1. The van der Waals surface area contributed by atoms with Gasteiger partial charge in [0.15, 0.2) is 0 Å². The molecule has 28 heavy (non-hydrogen) atoms. The molecule has 1 saturated heterocycles. The molecule has 1 saturated carbocycles. The summed E-state index contributed by atoms with van der Waals surface area (Å²) in [7, 11) is 5.89. The first-order valence-corrected chi connectivity index (χ1v) is 10.2. The largest absolute Gasteiger partial charge is 0.363 e. The summed E-state index contributed by atoms with van der Waals surface area (Å²) in [6.07, 6.45) is 6.45. The molecule has 3 heterocycles. The van der Waals surface area contributed by atoms with Crippen LogP contribution in [0.4, 0.5) is 11.6 Å². The number of pyridine rings is 1. The molecule has 4 rings (SSSR count). The molecule has 0 aromatic carbocycles. The van der Waals surface area contributed by atoms with Gasteiger partial charge in [0.25, 0.3) is 0 Å². The van der Waals surface area contributed by atoms with Crippen LogP contribution in [0.1, 0.15) is 31.4 Å². The van der Waals surface area contributed by atoms with Crippen LogP contribution >= 0.6 is 0 Å². The molecule has 2 aromatic heterocycles. The van der Waals surface area contributed by atoms with E-state index in [1.807, 2.05) is 38.2 Å². The molecule has 2 aliphatic rings. The average Bonchev–Trinajstić information content (AvgIpc) is 3.52. The maximum Gasteiger partial charge on any atom is 0.250 e. The van der Waals surface area contributed by atoms with Crippen LogP contribution < -0.4 is 15.4 Å². The predicted molar refractivity (Wildman–Crippen MR) is 112 cm³/mol. The quantitative estimate of drug-likeness (QED) is 0.760. The standard InChI is InChI=1S/C21H30N6O/c1-24(2)19-13-20(23-15-22-19)27(16-7-8-16)17-9-11-26(12-10-17)14-18-5-4-6-21(28)25(18)3/h4-6,13,15-17H,7-12,14H2,1-3H3. The fourth-order valence-corrected chi connectivity index (χ4v) is 4.10. The van der Waals surface area contributed by atoms with Gasteiger partial charge >= 0.3 is 0 Å². The number of piperidine rings is 1. The molecule has 0 spiro atoms. The highest BCUT2D eigenvalue weighted by molar-refractivity contribution is 5.51. The van der Waals surface area contributed by atoms with Crippen LogP contribution in [0.15, 0.2) is 35.4 Å². The Labute approximate surface area is 166 Å². The molecule has 0 amide bonds. The van der Waals surface area contributed by atoms with Gasteiger partial charge < -0.3 is 14.4 Å². The molecule has 0 N–H and O–H groups in total. The zero-order valence-corrected chi connectivity index (χ0v) is 17.1. The normalized spacial score (nSPS) is 18.2. The van der Waals surface area contributed by atoms with Crippen molar-refractivity contribution in [2.75, 3.05) is 37.0 Å². The summed E-state index contributed by atoms with van der Waals surface area (Å²) in [5.74, 6) is 2.02. The van der Waals surface area contributed by atoms with E-state index in [-0.39, 0.29) is 5.56 Å². The molecule has 150 valence electrons. The Kier molecular flexibility index (Phi) is 5.35. The molecular weight excluding hydrogens is 352 g/mol. The molecule has 1 aliphatic carbocycles. The van der Waals surface area contributed by atoms with E-state index >= 15 is 0 Å². The molecular formula is C21H30N6O. The Hall–Kier alpha value is -2.41. The van der Waals surface area contributed by atoms with E-state index in [1.54, 1.807) is 17.0 Å². The monoisotopic (exact) mass is 382 g/mol. The summed E-state index contributed by atoms with van der Waals surface area (Å²) in [5, 5.41) is 0. The Morgan fingerprint density at radius 2 is 1.71 bits per heavy atom. The minimum Gasteiger partial charge on any atom is -0.363 e.